The molecule has 0 aliphatic rings. The summed E-state index contributed by atoms with van der Waals surface area (Å²) in [4.78, 5) is 10.8. The summed E-state index contributed by atoms with van der Waals surface area (Å²) < 4.78 is 32.1. The molecule has 1 heterocycles. The fourth-order valence-corrected chi connectivity index (χ4v) is 1.77. The predicted octanol–water partition coefficient (Wildman–Crippen LogP) is 2.32. The van der Waals surface area contributed by atoms with Crippen LogP contribution in [0.1, 0.15) is 21.6 Å². The van der Waals surface area contributed by atoms with Gasteiger partial charge in [0.15, 0.2) is 17.4 Å². The number of benzene rings is 1. The summed E-state index contributed by atoms with van der Waals surface area (Å²) in [5.41, 5.74) is 0.804. The maximum Gasteiger partial charge on any atom is 0.339 e. The molecule has 0 spiro atoms. The third kappa shape index (κ3) is 2.93. The van der Waals surface area contributed by atoms with Gasteiger partial charge in [-0.15, -0.1) is 0 Å². The van der Waals surface area contributed by atoms with Crippen molar-refractivity contribution in [2.45, 2.75) is 13.3 Å². The van der Waals surface area contributed by atoms with Crippen LogP contribution in [0.2, 0.25) is 0 Å². The Labute approximate surface area is 113 Å². The van der Waals surface area contributed by atoms with Crippen molar-refractivity contribution in [3.05, 3.63) is 46.8 Å². The van der Waals surface area contributed by atoms with Crippen LogP contribution in [0, 0.1) is 18.6 Å². The first-order valence-corrected chi connectivity index (χ1v) is 5.83. The lowest BCUT2D eigenvalue weighted by atomic mass is 10.2. The van der Waals surface area contributed by atoms with Crippen LogP contribution in [0.5, 0.6) is 5.75 Å². The molecular formula is C13H12F2N2O3. The van der Waals surface area contributed by atoms with Gasteiger partial charge in [0.05, 0.1) is 18.5 Å². The summed E-state index contributed by atoms with van der Waals surface area (Å²) in [6.45, 7) is 1.50. The smallest absolute Gasteiger partial charge is 0.339 e. The van der Waals surface area contributed by atoms with E-state index in [2.05, 4.69) is 10.2 Å². The lowest BCUT2D eigenvalue weighted by molar-refractivity contribution is 0.0695. The fraction of sp³-hybridized carbons (Fsp3) is 0.231. The Hall–Kier alpha value is -2.44. The van der Waals surface area contributed by atoms with E-state index >= 15 is 0 Å². The molecular weight excluding hydrogens is 270 g/mol. The fourth-order valence-electron chi connectivity index (χ4n) is 1.77. The molecule has 7 heteroatoms. The number of H-pyrrole nitrogens is 1. The van der Waals surface area contributed by atoms with Crippen molar-refractivity contribution < 1.29 is 23.4 Å². The van der Waals surface area contributed by atoms with Gasteiger partial charge in [0.25, 0.3) is 0 Å². The number of nitrogens with one attached hydrogen (secondary N) is 1. The van der Waals surface area contributed by atoms with Crippen LogP contribution < -0.4 is 4.74 Å². The SMILES string of the molecule is Cc1cc(F)c(OCCc2[nH]ncc2C(=O)O)c(F)c1. The van der Waals surface area contributed by atoms with Gasteiger partial charge in [0.1, 0.15) is 5.56 Å². The van der Waals surface area contributed by atoms with E-state index in [1.54, 1.807) is 6.92 Å². The average molecular weight is 282 g/mol. The van der Waals surface area contributed by atoms with Crippen molar-refractivity contribution in [1.29, 1.82) is 0 Å². The summed E-state index contributed by atoms with van der Waals surface area (Å²) in [6, 6.07) is 2.33. The normalized spacial score (nSPS) is 10.6. The van der Waals surface area contributed by atoms with E-state index in [0.717, 1.165) is 12.1 Å². The standard InChI is InChI=1S/C13H12F2N2O3/c1-7-4-9(14)12(10(15)5-7)20-3-2-11-8(13(18)19)6-16-17-11/h4-6H,2-3H2,1H3,(H,16,17)(H,18,19). The molecule has 0 unspecified atom stereocenters. The van der Waals surface area contributed by atoms with Gasteiger partial charge in [-0.25, -0.2) is 13.6 Å². The molecule has 0 bridgehead atoms. The predicted molar refractivity (Wildman–Crippen MR) is 65.8 cm³/mol. The van der Waals surface area contributed by atoms with Crippen LogP contribution in [0.15, 0.2) is 18.3 Å². The molecule has 0 aliphatic heterocycles. The summed E-state index contributed by atoms with van der Waals surface area (Å²) in [5, 5.41) is 15.0. The molecule has 0 radical (unpaired) electrons. The van der Waals surface area contributed by atoms with Crippen molar-refractivity contribution >= 4 is 5.97 Å². The minimum absolute atomic E-state index is 0.0125. The highest BCUT2D eigenvalue weighted by molar-refractivity contribution is 5.88. The molecule has 2 rings (SSSR count). The van der Waals surface area contributed by atoms with Gasteiger partial charge in [-0.2, -0.15) is 5.10 Å². The second-order valence-electron chi connectivity index (χ2n) is 4.22. The number of aromatic carboxylic acids is 1. The number of carboxylic acid groups (broad SMARTS) is 1. The van der Waals surface area contributed by atoms with Gasteiger partial charge in [0, 0.05) is 6.42 Å². The monoisotopic (exact) mass is 282 g/mol. The zero-order valence-electron chi connectivity index (χ0n) is 10.6. The van der Waals surface area contributed by atoms with Crippen LogP contribution in [0.3, 0.4) is 0 Å². The molecule has 2 N–H and O–H groups in total. The van der Waals surface area contributed by atoms with Crippen LogP contribution in [0.4, 0.5) is 8.78 Å². The molecule has 5 nitrogen and oxygen atoms in total. The van der Waals surface area contributed by atoms with Gasteiger partial charge in [-0.1, -0.05) is 0 Å². The van der Waals surface area contributed by atoms with Gasteiger partial charge < -0.3 is 9.84 Å². The highest BCUT2D eigenvalue weighted by Crippen LogP contribution is 2.23. The van der Waals surface area contributed by atoms with E-state index in [1.807, 2.05) is 0 Å². The van der Waals surface area contributed by atoms with Crippen LogP contribution in [-0.4, -0.2) is 27.9 Å². The van der Waals surface area contributed by atoms with Crippen molar-refractivity contribution in [2.24, 2.45) is 0 Å². The summed E-state index contributed by atoms with van der Waals surface area (Å²) in [6.07, 6.45) is 1.32. The molecule has 0 fully saturated rings. The number of nitrogens with zero attached hydrogens (tertiary/aromatic N) is 1. The lowest BCUT2D eigenvalue weighted by Crippen LogP contribution is -2.08. The van der Waals surface area contributed by atoms with Gasteiger partial charge in [-0.3, -0.25) is 5.10 Å². The molecule has 0 atom stereocenters. The van der Waals surface area contributed by atoms with E-state index in [4.69, 9.17) is 9.84 Å². The average Bonchev–Trinajstić information content (AvgIpc) is 2.80. The number of aromatic nitrogens is 2. The summed E-state index contributed by atoms with van der Waals surface area (Å²) in [7, 11) is 0. The van der Waals surface area contributed by atoms with Crippen molar-refractivity contribution in [1.82, 2.24) is 10.2 Å². The number of ether oxygens (including phenoxy) is 1. The largest absolute Gasteiger partial charge is 0.487 e. The Morgan fingerprint density at radius 3 is 2.65 bits per heavy atom. The molecule has 106 valence electrons. The Kier molecular flexibility index (Phi) is 3.97. The van der Waals surface area contributed by atoms with Crippen molar-refractivity contribution in [3.63, 3.8) is 0 Å². The summed E-state index contributed by atoms with van der Waals surface area (Å²) >= 11 is 0. The molecule has 0 saturated heterocycles. The Morgan fingerprint density at radius 1 is 1.40 bits per heavy atom. The van der Waals surface area contributed by atoms with E-state index in [1.165, 1.54) is 6.20 Å². The number of aryl methyl sites for hydroxylation is 1. The third-order valence-corrected chi connectivity index (χ3v) is 2.69. The summed E-state index contributed by atoms with van der Waals surface area (Å²) in [5.74, 6) is -3.16. The topological polar surface area (TPSA) is 75.2 Å². The second-order valence-corrected chi connectivity index (χ2v) is 4.22. The maximum absolute atomic E-state index is 13.5. The molecule has 1 aromatic heterocycles. The third-order valence-electron chi connectivity index (χ3n) is 2.69. The quantitative estimate of drug-likeness (QED) is 0.882. The maximum atomic E-state index is 13.5. The molecule has 2 aromatic rings. The van der Waals surface area contributed by atoms with Gasteiger partial charge >= 0.3 is 5.97 Å². The molecule has 0 saturated carbocycles. The second kappa shape index (κ2) is 5.68. The number of halogens is 2. The van der Waals surface area contributed by atoms with Crippen LogP contribution >= 0.6 is 0 Å². The number of carbonyl (C=O) groups is 1. The van der Waals surface area contributed by atoms with Gasteiger partial charge in [0.2, 0.25) is 0 Å². The van der Waals surface area contributed by atoms with E-state index < -0.39 is 23.4 Å². The van der Waals surface area contributed by atoms with Crippen LogP contribution in [0.25, 0.3) is 0 Å². The van der Waals surface area contributed by atoms with E-state index in [-0.39, 0.29) is 18.6 Å². The zero-order chi connectivity index (χ0) is 14.7. The van der Waals surface area contributed by atoms with E-state index in [0.29, 0.717) is 11.3 Å². The molecule has 0 aliphatic carbocycles. The molecule has 20 heavy (non-hydrogen) atoms. The Morgan fingerprint density at radius 2 is 2.05 bits per heavy atom. The Balaban J connectivity index is 2.03. The number of hydrogen-bond acceptors (Lipinski definition) is 3. The number of carboxylic acids is 1. The first kappa shape index (κ1) is 14.0. The minimum Gasteiger partial charge on any atom is -0.487 e. The number of rotatable bonds is 5. The highest BCUT2D eigenvalue weighted by Gasteiger charge is 2.14. The first-order chi connectivity index (χ1) is 9.49. The zero-order valence-corrected chi connectivity index (χ0v) is 10.6. The minimum atomic E-state index is -1.12. The van der Waals surface area contributed by atoms with Gasteiger partial charge in [-0.05, 0) is 24.6 Å². The lowest BCUT2D eigenvalue weighted by Gasteiger charge is -2.08. The Bertz CT molecular complexity index is 617. The first-order valence-electron chi connectivity index (χ1n) is 5.83. The van der Waals surface area contributed by atoms with Crippen LogP contribution in [-0.2, 0) is 6.42 Å². The molecule has 0 amide bonds. The van der Waals surface area contributed by atoms with Crippen molar-refractivity contribution in [2.75, 3.05) is 6.61 Å². The highest BCUT2D eigenvalue weighted by atomic mass is 19.1. The number of aromatic amines is 1. The molecule has 1 aromatic carbocycles. The van der Waals surface area contributed by atoms with E-state index in [9.17, 15) is 13.6 Å². The number of hydrogen-bond donors (Lipinski definition) is 2. The van der Waals surface area contributed by atoms with Crippen molar-refractivity contribution in [3.8, 4) is 5.75 Å².